The van der Waals surface area contributed by atoms with E-state index in [2.05, 4.69) is 10.5 Å². The fraction of sp³-hybridized carbons (Fsp3) is 0.200. The molecule has 16 heavy (non-hydrogen) atoms. The second-order valence-corrected chi connectivity index (χ2v) is 4.67. The van der Waals surface area contributed by atoms with E-state index in [9.17, 15) is 4.79 Å². The van der Waals surface area contributed by atoms with Crippen LogP contribution in [-0.2, 0) is 0 Å². The maximum atomic E-state index is 11.7. The number of amides is 1. The molecule has 2 heterocycles. The molecule has 0 aliphatic carbocycles. The van der Waals surface area contributed by atoms with E-state index in [1.165, 1.54) is 11.3 Å². The number of nitrogens with zero attached hydrogens (tertiary/aromatic N) is 1. The molecule has 2 aromatic heterocycles. The summed E-state index contributed by atoms with van der Waals surface area (Å²) in [6, 6.07) is 3.31. The lowest BCUT2D eigenvalue weighted by Crippen LogP contribution is -2.09. The molecule has 6 heteroatoms. The second-order valence-electron chi connectivity index (χ2n) is 3.41. The molecule has 1 amide bonds. The highest BCUT2D eigenvalue weighted by molar-refractivity contribution is 7.14. The average Bonchev–Trinajstić information content (AvgIpc) is 2.75. The van der Waals surface area contributed by atoms with E-state index >= 15 is 0 Å². The Bertz CT molecular complexity index is 510. The molecule has 2 rings (SSSR count). The molecule has 0 saturated heterocycles. The Morgan fingerprint density at radius 3 is 2.75 bits per heavy atom. The highest BCUT2D eigenvalue weighted by Gasteiger charge is 2.12. The Morgan fingerprint density at radius 2 is 2.25 bits per heavy atom. The SMILES string of the molecule is Cc1cc(NC(=O)c2cc(N)c(C)s2)on1. The van der Waals surface area contributed by atoms with Crippen molar-refractivity contribution >= 4 is 28.8 Å². The molecule has 0 saturated carbocycles. The monoisotopic (exact) mass is 237 g/mol. The van der Waals surface area contributed by atoms with E-state index in [0.717, 1.165) is 10.6 Å². The van der Waals surface area contributed by atoms with Crippen LogP contribution in [0.3, 0.4) is 0 Å². The van der Waals surface area contributed by atoms with Gasteiger partial charge in [-0.05, 0) is 19.9 Å². The van der Waals surface area contributed by atoms with Gasteiger partial charge in [-0.2, -0.15) is 0 Å². The van der Waals surface area contributed by atoms with Crippen LogP contribution in [0.25, 0.3) is 0 Å². The molecular formula is C10H11N3O2S. The first kappa shape index (κ1) is 10.7. The topological polar surface area (TPSA) is 81.2 Å². The number of aromatic nitrogens is 1. The number of carbonyl (C=O) groups is 1. The Labute approximate surface area is 96.2 Å². The third-order valence-corrected chi connectivity index (χ3v) is 3.11. The highest BCUT2D eigenvalue weighted by atomic mass is 32.1. The summed E-state index contributed by atoms with van der Waals surface area (Å²) < 4.78 is 4.88. The second kappa shape index (κ2) is 3.97. The minimum absolute atomic E-state index is 0.235. The molecule has 0 aliphatic rings. The van der Waals surface area contributed by atoms with E-state index in [-0.39, 0.29) is 5.91 Å². The number of hydrogen-bond acceptors (Lipinski definition) is 5. The molecule has 5 nitrogen and oxygen atoms in total. The summed E-state index contributed by atoms with van der Waals surface area (Å²) in [5, 5.41) is 6.28. The van der Waals surface area contributed by atoms with Gasteiger partial charge in [-0.1, -0.05) is 5.16 Å². The molecule has 0 bridgehead atoms. The van der Waals surface area contributed by atoms with Crippen molar-refractivity contribution < 1.29 is 9.32 Å². The average molecular weight is 237 g/mol. The van der Waals surface area contributed by atoms with Gasteiger partial charge in [0.25, 0.3) is 5.91 Å². The molecule has 0 atom stereocenters. The third kappa shape index (κ3) is 2.06. The maximum Gasteiger partial charge on any atom is 0.268 e. The largest absolute Gasteiger partial charge is 0.398 e. The van der Waals surface area contributed by atoms with Crippen molar-refractivity contribution in [2.24, 2.45) is 0 Å². The molecule has 3 N–H and O–H groups in total. The minimum Gasteiger partial charge on any atom is -0.398 e. The zero-order chi connectivity index (χ0) is 11.7. The van der Waals surface area contributed by atoms with Gasteiger partial charge in [0, 0.05) is 16.6 Å². The van der Waals surface area contributed by atoms with Crippen molar-refractivity contribution in [2.45, 2.75) is 13.8 Å². The third-order valence-electron chi connectivity index (χ3n) is 2.04. The van der Waals surface area contributed by atoms with Crippen LogP contribution in [0.2, 0.25) is 0 Å². The van der Waals surface area contributed by atoms with Gasteiger partial charge in [0.2, 0.25) is 5.88 Å². The predicted molar refractivity (Wildman–Crippen MR) is 62.7 cm³/mol. The normalized spacial score (nSPS) is 10.4. The smallest absolute Gasteiger partial charge is 0.268 e. The molecule has 0 spiro atoms. The number of anilines is 2. The van der Waals surface area contributed by atoms with Gasteiger partial charge >= 0.3 is 0 Å². The van der Waals surface area contributed by atoms with Gasteiger partial charge in [0.05, 0.1) is 10.6 Å². The zero-order valence-electron chi connectivity index (χ0n) is 8.90. The number of thiophene rings is 1. The first-order valence-corrected chi connectivity index (χ1v) is 5.48. The number of rotatable bonds is 2. The van der Waals surface area contributed by atoms with Crippen molar-refractivity contribution in [2.75, 3.05) is 11.1 Å². The standard InChI is InChI=1S/C10H11N3O2S/c1-5-3-9(15-13-5)12-10(14)8-4-7(11)6(2)16-8/h3-4H,11H2,1-2H3,(H,12,14). The van der Waals surface area contributed by atoms with Crippen molar-refractivity contribution in [3.63, 3.8) is 0 Å². The number of hydrogen-bond donors (Lipinski definition) is 2. The summed E-state index contributed by atoms with van der Waals surface area (Å²) >= 11 is 1.35. The lowest BCUT2D eigenvalue weighted by atomic mass is 10.3. The predicted octanol–water partition coefficient (Wildman–Crippen LogP) is 2.19. The van der Waals surface area contributed by atoms with Crippen molar-refractivity contribution in [3.05, 3.63) is 27.6 Å². The summed E-state index contributed by atoms with van der Waals surface area (Å²) in [6.07, 6.45) is 0. The van der Waals surface area contributed by atoms with Crippen LogP contribution >= 0.6 is 11.3 Å². The van der Waals surface area contributed by atoms with Gasteiger partial charge in [-0.3, -0.25) is 10.1 Å². The van der Waals surface area contributed by atoms with E-state index in [1.807, 2.05) is 6.92 Å². The number of nitrogens with two attached hydrogens (primary N) is 1. The number of carbonyl (C=O) groups excluding carboxylic acids is 1. The number of nitrogen functional groups attached to an aromatic ring is 1. The van der Waals surface area contributed by atoms with Crippen molar-refractivity contribution in [1.82, 2.24) is 5.16 Å². The van der Waals surface area contributed by atoms with E-state index in [0.29, 0.717) is 16.4 Å². The first-order valence-electron chi connectivity index (χ1n) is 4.67. The van der Waals surface area contributed by atoms with Crippen LogP contribution in [-0.4, -0.2) is 11.1 Å². The van der Waals surface area contributed by atoms with Crippen LogP contribution in [0.4, 0.5) is 11.6 Å². The van der Waals surface area contributed by atoms with E-state index < -0.39 is 0 Å². The van der Waals surface area contributed by atoms with Crippen LogP contribution in [0.15, 0.2) is 16.7 Å². The fourth-order valence-electron chi connectivity index (χ4n) is 1.20. The zero-order valence-corrected chi connectivity index (χ0v) is 9.72. The molecule has 2 aromatic rings. The van der Waals surface area contributed by atoms with Gasteiger partial charge < -0.3 is 10.3 Å². The number of aryl methyl sites for hydroxylation is 2. The molecule has 0 aliphatic heterocycles. The van der Waals surface area contributed by atoms with Crippen molar-refractivity contribution in [1.29, 1.82) is 0 Å². The Balaban J connectivity index is 2.14. The lowest BCUT2D eigenvalue weighted by Gasteiger charge is -1.96. The molecule has 84 valence electrons. The summed E-state index contributed by atoms with van der Waals surface area (Å²) in [4.78, 5) is 13.2. The van der Waals surface area contributed by atoms with Gasteiger partial charge in [0.1, 0.15) is 0 Å². The molecule has 0 fully saturated rings. The molecular weight excluding hydrogens is 226 g/mol. The summed E-state index contributed by atoms with van der Waals surface area (Å²) in [5.41, 5.74) is 7.02. The lowest BCUT2D eigenvalue weighted by molar-refractivity contribution is 0.102. The van der Waals surface area contributed by atoms with Gasteiger partial charge in [-0.25, -0.2) is 0 Å². The van der Waals surface area contributed by atoms with E-state index in [4.69, 9.17) is 10.3 Å². The first-order chi connectivity index (χ1) is 7.56. The molecule has 0 aromatic carbocycles. The van der Waals surface area contributed by atoms with Crippen LogP contribution in [0.5, 0.6) is 0 Å². The van der Waals surface area contributed by atoms with Crippen LogP contribution in [0.1, 0.15) is 20.2 Å². The molecule has 0 radical (unpaired) electrons. The highest BCUT2D eigenvalue weighted by Crippen LogP contribution is 2.24. The summed E-state index contributed by atoms with van der Waals surface area (Å²) in [7, 11) is 0. The number of nitrogens with one attached hydrogen (secondary N) is 1. The molecule has 0 unspecified atom stereocenters. The van der Waals surface area contributed by atoms with Crippen LogP contribution < -0.4 is 11.1 Å². The van der Waals surface area contributed by atoms with E-state index in [1.54, 1.807) is 19.1 Å². The fourth-order valence-corrected chi connectivity index (χ4v) is 2.04. The summed E-state index contributed by atoms with van der Waals surface area (Å²) in [6.45, 7) is 3.65. The van der Waals surface area contributed by atoms with Crippen LogP contribution in [0, 0.1) is 13.8 Å². The van der Waals surface area contributed by atoms with Crippen molar-refractivity contribution in [3.8, 4) is 0 Å². The Morgan fingerprint density at radius 1 is 1.50 bits per heavy atom. The maximum absolute atomic E-state index is 11.7. The van der Waals surface area contributed by atoms with Gasteiger partial charge in [-0.15, -0.1) is 11.3 Å². The van der Waals surface area contributed by atoms with Gasteiger partial charge in [0.15, 0.2) is 0 Å². The summed E-state index contributed by atoms with van der Waals surface area (Å²) in [5.74, 6) is 0.105. The minimum atomic E-state index is -0.235. The quantitative estimate of drug-likeness (QED) is 0.838. The Hall–Kier alpha value is -1.82. The Kier molecular flexibility index (Phi) is 2.66.